The largest absolute Gasteiger partial charge is 0.496 e. The van der Waals surface area contributed by atoms with Gasteiger partial charge in [-0.05, 0) is 24.3 Å². The highest BCUT2D eigenvalue weighted by molar-refractivity contribution is 6.44. The van der Waals surface area contributed by atoms with E-state index < -0.39 is 11.0 Å². The van der Waals surface area contributed by atoms with E-state index >= 15 is 0 Å². The monoisotopic (exact) mass is 355 g/mol. The van der Waals surface area contributed by atoms with Gasteiger partial charge >= 0.3 is 6.03 Å². The van der Waals surface area contributed by atoms with E-state index in [1.54, 1.807) is 18.2 Å². The third-order valence-corrected chi connectivity index (χ3v) is 3.67. The molecule has 7 nitrogen and oxygen atoms in total. The van der Waals surface area contributed by atoms with E-state index in [0.717, 1.165) is 0 Å². The van der Waals surface area contributed by atoms with Crippen molar-refractivity contribution >= 4 is 46.3 Å². The van der Waals surface area contributed by atoms with Crippen LogP contribution in [0.3, 0.4) is 0 Å². The van der Waals surface area contributed by atoms with Crippen molar-refractivity contribution in [2.24, 2.45) is 0 Å². The van der Waals surface area contributed by atoms with Crippen LogP contribution in [0.25, 0.3) is 0 Å². The number of nitro benzene ring substituents is 1. The van der Waals surface area contributed by atoms with E-state index in [1.165, 1.54) is 25.3 Å². The smallest absolute Gasteiger partial charge is 0.323 e. The lowest BCUT2D eigenvalue weighted by atomic mass is 10.2. The van der Waals surface area contributed by atoms with Crippen molar-refractivity contribution < 1.29 is 14.5 Å². The molecule has 0 saturated carbocycles. The van der Waals surface area contributed by atoms with E-state index in [-0.39, 0.29) is 27.1 Å². The number of halogens is 2. The minimum Gasteiger partial charge on any atom is -0.496 e. The van der Waals surface area contributed by atoms with Gasteiger partial charge in [0.15, 0.2) is 0 Å². The van der Waals surface area contributed by atoms with Crippen LogP contribution in [-0.2, 0) is 0 Å². The Morgan fingerprint density at radius 2 is 1.87 bits per heavy atom. The van der Waals surface area contributed by atoms with Gasteiger partial charge in [0.1, 0.15) is 11.4 Å². The number of hydrogen-bond donors (Lipinski definition) is 2. The summed E-state index contributed by atoms with van der Waals surface area (Å²) in [6, 6.07) is 8.12. The number of anilines is 2. The van der Waals surface area contributed by atoms with Crippen molar-refractivity contribution in [3.8, 4) is 5.75 Å². The molecular formula is C14H11Cl2N3O4. The highest BCUT2D eigenvalue weighted by Crippen LogP contribution is 2.31. The molecule has 0 radical (unpaired) electrons. The molecule has 0 unspecified atom stereocenters. The molecule has 0 atom stereocenters. The lowest BCUT2D eigenvalue weighted by molar-refractivity contribution is -0.384. The predicted molar refractivity (Wildman–Crippen MR) is 88.8 cm³/mol. The highest BCUT2D eigenvalue weighted by atomic mass is 35.5. The van der Waals surface area contributed by atoms with Crippen molar-refractivity contribution in [3.05, 3.63) is 56.6 Å². The van der Waals surface area contributed by atoms with Gasteiger partial charge in [-0.15, -0.1) is 0 Å². The van der Waals surface area contributed by atoms with Crippen LogP contribution >= 0.6 is 23.2 Å². The molecule has 0 saturated heterocycles. The van der Waals surface area contributed by atoms with Crippen LogP contribution in [0, 0.1) is 10.1 Å². The molecule has 2 N–H and O–H groups in total. The number of hydrogen-bond acceptors (Lipinski definition) is 4. The van der Waals surface area contributed by atoms with Gasteiger partial charge in [0, 0.05) is 0 Å². The number of carbonyl (C=O) groups is 1. The first-order valence-electron chi connectivity index (χ1n) is 6.27. The maximum absolute atomic E-state index is 12.0. The second kappa shape index (κ2) is 7.17. The van der Waals surface area contributed by atoms with Crippen LogP contribution in [0.5, 0.6) is 5.75 Å². The summed E-state index contributed by atoms with van der Waals surface area (Å²) in [5, 5.41) is 16.4. The fourth-order valence-corrected chi connectivity index (χ4v) is 2.12. The molecule has 23 heavy (non-hydrogen) atoms. The quantitative estimate of drug-likeness (QED) is 0.621. The summed E-state index contributed by atoms with van der Waals surface area (Å²) in [7, 11) is 1.39. The van der Waals surface area contributed by atoms with Crippen molar-refractivity contribution in [3.63, 3.8) is 0 Å². The Hall–Kier alpha value is -2.51. The molecule has 2 aromatic carbocycles. The Balaban J connectivity index is 2.20. The molecule has 2 aromatic rings. The molecule has 0 heterocycles. The molecule has 0 aliphatic heterocycles. The Labute approximate surface area is 141 Å². The van der Waals surface area contributed by atoms with Gasteiger partial charge in [0.05, 0.1) is 33.8 Å². The SMILES string of the molecule is COc1ccc(NC(=O)Nc2cccc(Cl)c2Cl)c([N+](=O)[O-])c1. The van der Waals surface area contributed by atoms with E-state index in [2.05, 4.69) is 10.6 Å². The predicted octanol–water partition coefficient (Wildman–Crippen LogP) is 4.55. The number of amides is 2. The normalized spacial score (nSPS) is 10.0. The third kappa shape index (κ3) is 4.02. The zero-order valence-corrected chi connectivity index (χ0v) is 13.3. The lowest BCUT2D eigenvalue weighted by Crippen LogP contribution is -2.20. The minimum atomic E-state index is -0.692. The first-order chi connectivity index (χ1) is 10.9. The second-order valence-corrected chi connectivity index (χ2v) is 5.11. The standard InChI is InChI=1S/C14H11Cl2N3O4/c1-23-8-5-6-10(12(7-8)19(21)22)17-14(20)18-11-4-2-3-9(15)13(11)16/h2-7H,1H3,(H2,17,18,20). The van der Waals surface area contributed by atoms with Gasteiger partial charge in [-0.1, -0.05) is 29.3 Å². The van der Waals surface area contributed by atoms with Crippen molar-refractivity contribution in [1.82, 2.24) is 0 Å². The summed E-state index contributed by atoms with van der Waals surface area (Å²) >= 11 is 11.8. The maximum atomic E-state index is 12.0. The van der Waals surface area contributed by atoms with E-state index in [4.69, 9.17) is 27.9 Å². The maximum Gasteiger partial charge on any atom is 0.323 e. The summed E-state index contributed by atoms with van der Waals surface area (Å²) in [5.74, 6) is 0.306. The molecule has 2 amide bonds. The number of nitro groups is 1. The molecule has 120 valence electrons. The van der Waals surface area contributed by atoms with E-state index in [9.17, 15) is 14.9 Å². The molecule has 9 heteroatoms. The van der Waals surface area contributed by atoms with Gasteiger partial charge in [-0.25, -0.2) is 4.79 Å². The fourth-order valence-electron chi connectivity index (χ4n) is 1.77. The summed E-state index contributed by atoms with van der Waals surface area (Å²) < 4.78 is 4.92. The van der Waals surface area contributed by atoms with Crippen LogP contribution in [0.4, 0.5) is 21.9 Å². The fraction of sp³-hybridized carbons (Fsp3) is 0.0714. The molecular weight excluding hydrogens is 345 g/mol. The van der Waals surface area contributed by atoms with Crippen molar-refractivity contribution in [2.45, 2.75) is 0 Å². The summed E-state index contributed by atoms with van der Waals surface area (Å²) in [6.07, 6.45) is 0. The number of rotatable bonds is 4. The highest BCUT2D eigenvalue weighted by Gasteiger charge is 2.17. The Kier molecular flexibility index (Phi) is 5.25. The third-order valence-electron chi connectivity index (χ3n) is 2.85. The summed E-state index contributed by atoms with van der Waals surface area (Å²) in [5.41, 5.74) is 0.0102. The van der Waals surface area contributed by atoms with Gasteiger partial charge in [0.25, 0.3) is 5.69 Å². The summed E-state index contributed by atoms with van der Waals surface area (Å²) in [4.78, 5) is 22.4. The first-order valence-corrected chi connectivity index (χ1v) is 7.02. The zero-order chi connectivity index (χ0) is 17.0. The summed E-state index contributed by atoms with van der Waals surface area (Å²) in [6.45, 7) is 0. The Bertz CT molecular complexity index is 768. The molecule has 2 rings (SSSR count). The van der Waals surface area contributed by atoms with Gasteiger partial charge in [-0.3, -0.25) is 10.1 Å². The number of nitrogens with zero attached hydrogens (tertiary/aromatic N) is 1. The van der Waals surface area contributed by atoms with Crippen LogP contribution in [-0.4, -0.2) is 18.1 Å². The van der Waals surface area contributed by atoms with Crippen LogP contribution in [0.15, 0.2) is 36.4 Å². The van der Waals surface area contributed by atoms with Gasteiger partial charge in [-0.2, -0.15) is 0 Å². The van der Waals surface area contributed by atoms with Crippen LogP contribution < -0.4 is 15.4 Å². The number of nitrogens with one attached hydrogen (secondary N) is 2. The lowest BCUT2D eigenvalue weighted by Gasteiger charge is -2.10. The van der Waals surface area contributed by atoms with Crippen LogP contribution in [0.2, 0.25) is 10.0 Å². The number of urea groups is 1. The molecule has 0 spiro atoms. The number of methoxy groups -OCH3 is 1. The molecule has 0 aliphatic rings. The average molecular weight is 356 g/mol. The van der Waals surface area contributed by atoms with Crippen LogP contribution in [0.1, 0.15) is 0 Å². The Morgan fingerprint density at radius 1 is 1.17 bits per heavy atom. The van der Waals surface area contributed by atoms with Gasteiger partial charge in [0.2, 0.25) is 0 Å². The zero-order valence-electron chi connectivity index (χ0n) is 11.8. The topological polar surface area (TPSA) is 93.5 Å². The van der Waals surface area contributed by atoms with E-state index in [1.807, 2.05) is 0 Å². The van der Waals surface area contributed by atoms with Crippen molar-refractivity contribution in [2.75, 3.05) is 17.7 Å². The number of ether oxygens (including phenoxy) is 1. The van der Waals surface area contributed by atoms with Gasteiger partial charge < -0.3 is 15.4 Å². The van der Waals surface area contributed by atoms with E-state index in [0.29, 0.717) is 5.75 Å². The molecule has 0 fully saturated rings. The van der Waals surface area contributed by atoms with Crippen molar-refractivity contribution in [1.29, 1.82) is 0 Å². The second-order valence-electron chi connectivity index (χ2n) is 4.32. The minimum absolute atomic E-state index is 0.0199. The molecule has 0 bridgehead atoms. The Morgan fingerprint density at radius 3 is 2.52 bits per heavy atom. The number of carbonyl (C=O) groups excluding carboxylic acids is 1. The molecule has 0 aliphatic carbocycles. The first kappa shape index (κ1) is 16.9. The average Bonchev–Trinajstić information content (AvgIpc) is 2.52. The molecule has 0 aromatic heterocycles. The number of benzene rings is 2.